The first kappa shape index (κ1) is 19.2. The molecule has 0 heterocycles. The maximum atomic E-state index is 12.6. The average Bonchev–Trinajstić information content (AvgIpc) is 2.60. The number of rotatable bonds is 6. The van der Waals surface area contributed by atoms with E-state index in [0.717, 1.165) is 17.7 Å². The van der Waals surface area contributed by atoms with E-state index in [1.165, 1.54) is 24.3 Å². The van der Waals surface area contributed by atoms with Gasteiger partial charge in [-0.15, -0.1) is 0 Å². The first-order valence-electron chi connectivity index (χ1n) is 7.77. The molecule has 0 saturated carbocycles. The third kappa shape index (κ3) is 5.77. The zero-order chi connectivity index (χ0) is 19.2. The van der Waals surface area contributed by atoms with Crippen LogP contribution in [0.3, 0.4) is 0 Å². The fourth-order valence-electron chi connectivity index (χ4n) is 2.26. The third-order valence-electron chi connectivity index (χ3n) is 3.57. The Hall–Kier alpha value is -3.09. The maximum Gasteiger partial charge on any atom is 0.416 e. The van der Waals surface area contributed by atoms with Gasteiger partial charge in [-0.25, -0.2) is 0 Å². The van der Waals surface area contributed by atoms with Gasteiger partial charge >= 0.3 is 6.18 Å². The van der Waals surface area contributed by atoms with E-state index in [4.69, 9.17) is 5.73 Å². The Morgan fingerprint density at radius 3 is 2.50 bits per heavy atom. The van der Waals surface area contributed by atoms with Crippen LogP contribution in [0.1, 0.15) is 27.0 Å². The monoisotopic (exact) mass is 362 g/mol. The van der Waals surface area contributed by atoms with Crippen LogP contribution >= 0.6 is 0 Å². The van der Waals surface area contributed by atoms with Crippen LogP contribution in [0.15, 0.2) is 54.6 Å². The van der Waals surface area contributed by atoms with Crippen LogP contribution in [0, 0.1) is 0 Å². The minimum absolute atomic E-state index is 0.282. The summed E-state index contributed by atoms with van der Waals surface area (Å²) in [7, 11) is 0. The number of carbonyl (C=O) groups is 2. The van der Waals surface area contributed by atoms with Gasteiger partial charge in [0.05, 0.1) is 5.56 Å². The number of hydrogen-bond acceptors (Lipinski definition) is 2. The average molecular weight is 362 g/mol. The van der Waals surface area contributed by atoms with E-state index in [0.29, 0.717) is 18.5 Å². The Bertz CT molecular complexity index is 830. The molecular weight excluding hydrogens is 345 g/mol. The van der Waals surface area contributed by atoms with Gasteiger partial charge in [0.15, 0.2) is 0 Å². The molecule has 2 rings (SSSR count). The molecule has 26 heavy (non-hydrogen) atoms. The first-order valence-corrected chi connectivity index (χ1v) is 7.77. The van der Waals surface area contributed by atoms with Crippen LogP contribution in [-0.4, -0.2) is 18.4 Å². The normalized spacial score (nSPS) is 11.5. The van der Waals surface area contributed by atoms with Gasteiger partial charge < -0.3 is 11.1 Å². The standard InChI is InChI=1S/C19H17F3N2O2/c20-19(21,22)16-6-2-4-13(12-16)7-8-17(25)24-10-9-14-3-1-5-15(11-14)18(23)26/h1-8,11-12H,9-10H2,(H2,23,26)(H,24,25)/b8-7+. The van der Waals surface area contributed by atoms with Crippen molar-refractivity contribution in [1.82, 2.24) is 5.32 Å². The van der Waals surface area contributed by atoms with E-state index in [-0.39, 0.29) is 5.56 Å². The molecular formula is C19H17F3N2O2. The molecule has 3 N–H and O–H groups in total. The van der Waals surface area contributed by atoms with Gasteiger partial charge in [0, 0.05) is 18.2 Å². The predicted octanol–water partition coefficient (Wildman–Crippen LogP) is 3.18. The van der Waals surface area contributed by atoms with Crippen molar-refractivity contribution in [3.8, 4) is 0 Å². The molecule has 2 aromatic rings. The van der Waals surface area contributed by atoms with Gasteiger partial charge in [0.2, 0.25) is 11.8 Å². The second-order valence-electron chi connectivity index (χ2n) is 5.56. The molecule has 0 saturated heterocycles. The van der Waals surface area contributed by atoms with Crippen LogP contribution in [0.4, 0.5) is 13.2 Å². The van der Waals surface area contributed by atoms with E-state index in [9.17, 15) is 22.8 Å². The van der Waals surface area contributed by atoms with Gasteiger partial charge in [-0.05, 0) is 47.9 Å². The van der Waals surface area contributed by atoms with E-state index >= 15 is 0 Å². The second-order valence-corrected chi connectivity index (χ2v) is 5.56. The van der Waals surface area contributed by atoms with E-state index in [1.807, 2.05) is 0 Å². The zero-order valence-corrected chi connectivity index (χ0v) is 13.7. The van der Waals surface area contributed by atoms with Crippen LogP contribution in [-0.2, 0) is 17.4 Å². The van der Waals surface area contributed by atoms with Crippen molar-refractivity contribution in [2.75, 3.05) is 6.54 Å². The van der Waals surface area contributed by atoms with Crippen LogP contribution in [0.25, 0.3) is 6.08 Å². The minimum Gasteiger partial charge on any atom is -0.366 e. The van der Waals surface area contributed by atoms with E-state index in [1.54, 1.807) is 24.3 Å². The smallest absolute Gasteiger partial charge is 0.366 e. The topological polar surface area (TPSA) is 72.2 Å². The Balaban J connectivity index is 1.88. The summed E-state index contributed by atoms with van der Waals surface area (Å²) in [5.74, 6) is -0.951. The number of amides is 2. The molecule has 7 heteroatoms. The van der Waals surface area contributed by atoms with Gasteiger partial charge in [-0.3, -0.25) is 9.59 Å². The zero-order valence-electron chi connectivity index (χ0n) is 13.7. The SMILES string of the molecule is NC(=O)c1cccc(CCNC(=O)/C=C/c2cccc(C(F)(F)F)c2)c1. The molecule has 0 unspecified atom stereocenters. The molecule has 0 fully saturated rings. The lowest BCUT2D eigenvalue weighted by Gasteiger charge is -2.06. The second kappa shape index (κ2) is 8.33. The Morgan fingerprint density at radius 1 is 1.08 bits per heavy atom. The number of carbonyl (C=O) groups excluding carboxylic acids is 2. The van der Waals surface area contributed by atoms with Gasteiger partial charge in [0.25, 0.3) is 0 Å². The predicted molar refractivity (Wildman–Crippen MR) is 92.2 cm³/mol. The quantitative estimate of drug-likeness (QED) is 0.775. The minimum atomic E-state index is -4.43. The van der Waals surface area contributed by atoms with Crippen molar-refractivity contribution < 1.29 is 22.8 Å². The Kier molecular flexibility index (Phi) is 6.16. The number of halogens is 3. The summed E-state index contributed by atoms with van der Waals surface area (Å²) in [5, 5.41) is 2.63. The van der Waals surface area contributed by atoms with Crippen molar-refractivity contribution in [3.05, 3.63) is 76.9 Å². The molecule has 0 radical (unpaired) electrons. The molecule has 0 spiro atoms. The number of alkyl halides is 3. The molecule has 0 aliphatic heterocycles. The molecule has 4 nitrogen and oxygen atoms in total. The summed E-state index contributed by atoms with van der Waals surface area (Å²) in [6.07, 6.45) is -1.44. The largest absolute Gasteiger partial charge is 0.416 e. The number of benzene rings is 2. The summed E-state index contributed by atoms with van der Waals surface area (Å²) in [4.78, 5) is 22.9. The summed E-state index contributed by atoms with van der Waals surface area (Å²) in [5.41, 5.74) is 5.94. The molecule has 136 valence electrons. The third-order valence-corrected chi connectivity index (χ3v) is 3.57. The number of nitrogens with two attached hydrogens (primary N) is 1. The summed E-state index contributed by atoms with van der Waals surface area (Å²) < 4.78 is 37.9. The number of primary amides is 1. The van der Waals surface area contributed by atoms with Crippen molar-refractivity contribution in [1.29, 1.82) is 0 Å². The highest BCUT2D eigenvalue weighted by atomic mass is 19.4. The first-order chi connectivity index (χ1) is 12.3. The van der Waals surface area contributed by atoms with Crippen molar-refractivity contribution >= 4 is 17.9 Å². The fraction of sp³-hybridized carbons (Fsp3) is 0.158. The lowest BCUT2D eigenvalue weighted by atomic mass is 10.1. The van der Waals surface area contributed by atoms with Gasteiger partial charge in [0.1, 0.15) is 0 Å². The molecule has 2 aromatic carbocycles. The maximum absolute atomic E-state index is 12.6. The Labute approximate surface area is 148 Å². The highest BCUT2D eigenvalue weighted by molar-refractivity contribution is 5.93. The molecule has 2 amide bonds. The molecule has 0 aromatic heterocycles. The van der Waals surface area contributed by atoms with E-state index < -0.39 is 23.6 Å². The summed E-state index contributed by atoms with van der Waals surface area (Å²) in [6.45, 7) is 0.313. The van der Waals surface area contributed by atoms with Gasteiger partial charge in [-0.2, -0.15) is 13.2 Å². The van der Waals surface area contributed by atoms with Crippen LogP contribution in [0.2, 0.25) is 0 Å². The highest BCUT2D eigenvalue weighted by Crippen LogP contribution is 2.29. The fourth-order valence-corrected chi connectivity index (χ4v) is 2.26. The number of nitrogens with one attached hydrogen (secondary N) is 1. The lowest BCUT2D eigenvalue weighted by molar-refractivity contribution is -0.137. The molecule has 0 aliphatic carbocycles. The van der Waals surface area contributed by atoms with Gasteiger partial charge in [-0.1, -0.05) is 24.3 Å². The van der Waals surface area contributed by atoms with Crippen LogP contribution < -0.4 is 11.1 Å². The van der Waals surface area contributed by atoms with Crippen molar-refractivity contribution in [2.24, 2.45) is 5.73 Å². The molecule has 0 bridgehead atoms. The highest BCUT2D eigenvalue weighted by Gasteiger charge is 2.30. The van der Waals surface area contributed by atoms with E-state index in [2.05, 4.69) is 5.32 Å². The lowest BCUT2D eigenvalue weighted by Crippen LogP contribution is -2.23. The molecule has 0 atom stereocenters. The van der Waals surface area contributed by atoms with Crippen molar-refractivity contribution in [2.45, 2.75) is 12.6 Å². The molecule has 0 aliphatic rings. The summed E-state index contributed by atoms with van der Waals surface area (Å²) in [6, 6.07) is 11.5. The summed E-state index contributed by atoms with van der Waals surface area (Å²) >= 11 is 0. The number of hydrogen-bond donors (Lipinski definition) is 2. The van der Waals surface area contributed by atoms with Crippen molar-refractivity contribution in [3.63, 3.8) is 0 Å². The Morgan fingerprint density at radius 2 is 1.81 bits per heavy atom. The van der Waals surface area contributed by atoms with Crippen LogP contribution in [0.5, 0.6) is 0 Å².